The van der Waals surface area contributed by atoms with Gasteiger partial charge < -0.3 is 10.3 Å². The Morgan fingerprint density at radius 2 is 2.21 bits per heavy atom. The van der Waals surface area contributed by atoms with Crippen LogP contribution in [0.4, 0.5) is 10.1 Å². The molecular formula is C11H13FN4O2S. The molecule has 1 aromatic carbocycles. The lowest BCUT2D eigenvalue weighted by molar-refractivity contribution is 0.597. The molecule has 0 saturated heterocycles. The molecule has 0 aliphatic rings. The topological polar surface area (TPSA) is 90.0 Å². The van der Waals surface area contributed by atoms with Gasteiger partial charge in [0.1, 0.15) is 5.82 Å². The Kier molecular flexibility index (Phi) is 3.54. The zero-order valence-electron chi connectivity index (χ0n) is 10.2. The first-order valence-electron chi connectivity index (χ1n) is 5.41. The molecule has 0 unspecified atom stereocenters. The average molecular weight is 284 g/mol. The number of nitrogens with two attached hydrogens (primary N) is 1. The van der Waals surface area contributed by atoms with Crippen molar-refractivity contribution in [3.05, 3.63) is 42.1 Å². The Labute approximate surface area is 110 Å². The maximum absolute atomic E-state index is 13.3. The minimum Gasteiger partial charge on any atom is -0.339 e. The van der Waals surface area contributed by atoms with E-state index in [0.717, 1.165) is 0 Å². The van der Waals surface area contributed by atoms with Crippen molar-refractivity contribution in [2.24, 2.45) is 12.8 Å². The van der Waals surface area contributed by atoms with Crippen molar-refractivity contribution in [2.45, 2.75) is 11.6 Å². The minimum absolute atomic E-state index is 0.00894. The first-order chi connectivity index (χ1) is 8.92. The van der Waals surface area contributed by atoms with Gasteiger partial charge in [-0.3, -0.25) is 4.72 Å². The van der Waals surface area contributed by atoms with E-state index in [9.17, 15) is 12.8 Å². The predicted octanol–water partition coefficient (Wildman–Crippen LogP) is 0.819. The summed E-state index contributed by atoms with van der Waals surface area (Å²) in [6, 6.07) is 3.85. The van der Waals surface area contributed by atoms with Gasteiger partial charge in [0.05, 0.1) is 6.33 Å². The van der Waals surface area contributed by atoms with Crippen LogP contribution in [-0.4, -0.2) is 18.0 Å². The standard InChI is InChI=1S/C11H13FN4O2S/c1-16-6-11(14-7-16)19(17,18)15-9-2-3-10(12)8(4-9)5-13/h2-4,6-7,15H,5,13H2,1H3. The number of benzene rings is 1. The molecule has 8 heteroatoms. The van der Waals surface area contributed by atoms with Crippen molar-refractivity contribution in [2.75, 3.05) is 4.72 Å². The maximum atomic E-state index is 13.3. The van der Waals surface area contributed by atoms with Crippen molar-refractivity contribution in [3.8, 4) is 0 Å². The number of nitrogens with one attached hydrogen (secondary N) is 1. The Morgan fingerprint density at radius 3 is 2.79 bits per heavy atom. The normalized spacial score (nSPS) is 11.5. The second kappa shape index (κ2) is 4.98. The monoisotopic (exact) mass is 284 g/mol. The van der Waals surface area contributed by atoms with Gasteiger partial charge in [-0.25, -0.2) is 9.37 Å². The number of sulfonamides is 1. The van der Waals surface area contributed by atoms with Crippen LogP contribution in [0.2, 0.25) is 0 Å². The highest BCUT2D eigenvalue weighted by Gasteiger charge is 2.17. The van der Waals surface area contributed by atoms with E-state index in [1.54, 1.807) is 7.05 Å². The zero-order chi connectivity index (χ0) is 14.0. The predicted molar refractivity (Wildman–Crippen MR) is 68.3 cm³/mol. The van der Waals surface area contributed by atoms with Crippen LogP contribution in [0.3, 0.4) is 0 Å². The number of nitrogens with zero attached hydrogens (tertiary/aromatic N) is 2. The van der Waals surface area contributed by atoms with Gasteiger partial charge in [0.15, 0.2) is 5.03 Å². The Bertz CT molecular complexity index is 696. The van der Waals surface area contributed by atoms with Crippen molar-refractivity contribution < 1.29 is 12.8 Å². The molecule has 0 aliphatic carbocycles. The summed E-state index contributed by atoms with van der Waals surface area (Å²) < 4.78 is 41.1. The van der Waals surface area contributed by atoms with Crippen molar-refractivity contribution in [1.82, 2.24) is 9.55 Å². The van der Waals surface area contributed by atoms with Crippen molar-refractivity contribution in [3.63, 3.8) is 0 Å². The zero-order valence-corrected chi connectivity index (χ0v) is 11.0. The molecule has 1 heterocycles. The molecule has 0 aliphatic heterocycles. The summed E-state index contributed by atoms with van der Waals surface area (Å²) in [6.07, 6.45) is 2.75. The number of hydrogen-bond donors (Lipinski definition) is 2. The van der Waals surface area contributed by atoms with Gasteiger partial charge in [0.25, 0.3) is 10.0 Å². The van der Waals surface area contributed by atoms with E-state index in [2.05, 4.69) is 9.71 Å². The average Bonchev–Trinajstić information content (AvgIpc) is 2.79. The summed E-state index contributed by atoms with van der Waals surface area (Å²) in [5.41, 5.74) is 5.85. The fraction of sp³-hybridized carbons (Fsp3) is 0.182. The van der Waals surface area contributed by atoms with Crippen LogP contribution >= 0.6 is 0 Å². The molecule has 0 spiro atoms. The fourth-order valence-corrected chi connectivity index (χ4v) is 2.56. The highest BCUT2D eigenvalue weighted by molar-refractivity contribution is 7.92. The van der Waals surface area contributed by atoms with Crippen LogP contribution in [-0.2, 0) is 23.6 Å². The maximum Gasteiger partial charge on any atom is 0.280 e. The lowest BCUT2D eigenvalue weighted by Gasteiger charge is -2.07. The van der Waals surface area contributed by atoms with E-state index in [4.69, 9.17) is 5.73 Å². The van der Waals surface area contributed by atoms with Crippen LogP contribution < -0.4 is 10.5 Å². The van der Waals surface area contributed by atoms with Crippen LogP contribution in [0.15, 0.2) is 35.7 Å². The van der Waals surface area contributed by atoms with Gasteiger partial charge in [-0.1, -0.05) is 0 Å². The molecule has 2 rings (SSSR count). The quantitative estimate of drug-likeness (QED) is 0.869. The molecule has 6 nitrogen and oxygen atoms in total. The number of aromatic nitrogens is 2. The summed E-state index contributed by atoms with van der Waals surface area (Å²) in [5, 5.41) is -0.103. The SMILES string of the molecule is Cn1cnc(S(=O)(=O)Nc2ccc(F)c(CN)c2)c1. The Balaban J connectivity index is 2.30. The van der Waals surface area contributed by atoms with Crippen LogP contribution in [0.1, 0.15) is 5.56 Å². The molecule has 0 saturated carbocycles. The smallest absolute Gasteiger partial charge is 0.280 e. The highest BCUT2D eigenvalue weighted by Crippen LogP contribution is 2.18. The second-order valence-electron chi connectivity index (χ2n) is 3.99. The van der Waals surface area contributed by atoms with E-state index < -0.39 is 15.8 Å². The third kappa shape index (κ3) is 2.91. The molecule has 0 fully saturated rings. The summed E-state index contributed by atoms with van der Waals surface area (Å²) in [4.78, 5) is 3.76. The molecule has 0 radical (unpaired) electrons. The number of hydrogen-bond acceptors (Lipinski definition) is 4. The largest absolute Gasteiger partial charge is 0.339 e. The number of imidazole rings is 1. The van der Waals surface area contributed by atoms with Gasteiger partial charge in [-0.05, 0) is 18.2 Å². The van der Waals surface area contributed by atoms with Gasteiger partial charge in [0.2, 0.25) is 0 Å². The summed E-state index contributed by atoms with van der Waals surface area (Å²) in [5.74, 6) is -0.469. The Morgan fingerprint density at radius 1 is 1.47 bits per heavy atom. The first-order valence-corrected chi connectivity index (χ1v) is 6.90. The third-order valence-corrected chi connectivity index (χ3v) is 3.74. The molecule has 0 amide bonds. The Hall–Kier alpha value is -1.93. The minimum atomic E-state index is -3.78. The van der Waals surface area contributed by atoms with Gasteiger partial charge in [0, 0.05) is 31.0 Å². The van der Waals surface area contributed by atoms with Crippen molar-refractivity contribution >= 4 is 15.7 Å². The number of rotatable bonds is 4. The molecule has 0 atom stereocenters. The number of halogens is 1. The lowest BCUT2D eigenvalue weighted by Crippen LogP contribution is -2.14. The molecule has 0 bridgehead atoms. The number of anilines is 1. The molecule has 1 aromatic heterocycles. The van der Waals surface area contributed by atoms with Crippen LogP contribution in [0.5, 0.6) is 0 Å². The summed E-state index contributed by atoms with van der Waals surface area (Å²) >= 11 is 0. The van der Waals surface area contributed by atoms with Gasteiger partial charge in [-0.2, -0.15) is 8.42 Å². The summed E-state index contributed by atoms with van der Waals surface area (Å²) in [7, 11) is -2.11. The second-order valence-corrected chi connectivity index (χ2v) is 5.62. The molecule has 19 heavy (non-hydrogen) atoms. The van der Waals surface area contributed by atoms with E-state index in [0.29, 0.717) is 0 Å². The lowest BCUT2D eigenvalue weighted by atomic mass is 10.2. The van der Waals surface area contributed by atoms with E-state index in [1.165, 1.54) is 35.3 Å². The van der Waals surface area contributed by atoms with Crippen molar-refractivity contribution in [1.29, 1.82) is 0 Å². The molecule has 3 N–H and O–H groups in total. The molecule has 2 aromatic rings. The molecule has 102 valence electrons. The van der Waals surface area contributed by atoms with E-state index in [1.807, 2.05) is 0 Å². The van der Waals surface area contributed by atoms with E-state index >= 15 is 0 Å². The van der Waals surface area contributed by atoms with Gasteiger partial charge >= 0.3 is 0 Å². The first kappa shape index (κ1) is 13.5. The van der Waals surface area contributed by atoms with E-state index in [-0.39, 0.29) is 22.8 Å². The number of aryl methyl sites for hydroxylation is 1. The van der Waals surface area contributed by atoms with Gasteiger partial charge in [-0.15, -0.1) is 0 Å². The third-order valence-electron chi connectivity index (χ3n) is 2.47. The summed E-state index contributed by atoms with van der Waals surface area (Å²) in [6.45, 7) is -0.00894. The fourth-order valence-electron chi connectivity index (χ4n) is 1.53. The highest BCUT2D eigenvalue weighted by atomic mass is 32.2. The van der Waals surface area contributed by atoms with Crippen LogP contribution in [0, 0.1) is 5.82 Å². The van der Waals surface area contributed by atoms with Crippen LogP contribution in [0.25, 0.3) is 0 Å². The molecular weight excluding hydrogens is 271 g/mol.